The molecule has 0 aliphatic heterocycles. The number of carbonyl (C=O) groups excluding carboxylic acids is 2. The van der Waals surface area contributed by atoms with Crippen LogP contribution < -0.4 is 14.4 Å². The Morgan fingerprint density at radius 2 is 1.87 bits per heavy atom. The van der Waals surface area contributed by atoms with Crippen molar-refractivity contribution in [1.29, 1.82) is 0 Å². The molecule has 0 fully saturated rings. The summed E-state index contributed by atoms with van der Waals surface area (Å²) in [6, 6.07) is 8.09. The molecule has 0 aliphatic rings. The minimum absolute atomic E-state index is 0.208. The van der Waals surface area contributed by atoms with Gasteiger partial charge < -0.3 is 14.8 Å². The zero-order valence-electron chi connectivity index (χ0n) is 17.9. The first-order valence-electron chi connectivity index (χ1n) is 9.41. The predicted molar refractivity (Wildman–Crippen MR) is 121 cm³/mol. The number of nitrogens with zero attached hydrogens (tertiary/aromatic N) is 1. The molecule has 8 nitrogen and oxygen atoms in total. The molecule has 2 aromatic rings. The molecule has 0 heterocycles. The smallest absolute Gasteiger partial charge is 0.338 e. The molecule has 0 radical (unpaired) electrons. The fourth-order valence-electron chi connectivity index (χ4n) is 2.94. The Labute approximate surface area is 187 Å². The fourth-order valence-corrected chi connectivity index (χ4v) is 4.36. The molecule has 0 aromatic heterocycles. The molecule has 10 heteroatoms. The monoisotopic (exact) mass is 468 g/mol. The lowest BCUT2D eigenvalue weighted by Gasteiger charge is -2.28. The lowest BCUT2D eigenvalue weighted by molar-refractivity contribution is -0.116. The first-order chi connectivity index (χ1) is 14.5. The van der Waals surface area contributed by atoms with Crippen LogP contribution in [0.5, 0.6) is 5.75 Å². The molecule has 168 valence electrons. The van der Waals surface area contributed by atoms with Crippen molar-refractivity contribution in [1.82, 2.24) is 0 Å². The SMILES string of the molecule is CCOC(=O)c1ccc(C)c(NC(=O)[C@@H](C)N(c2ccc(OC)c(Cl)c2)S(C)(=O)=O)c1. The van der Waals surface area contributed by atoms with Crippen molar-refractivity contribution >= 4 is 44.9 Å². The maximum Gasteiger partial charge on any atom is 0.338 e. The number of sulfonamides is 1. The Balaban J connectivity index is 2.36. The first kappa shape index (κ1) is 24.5. The van der Waals surface area contributed by atoms with Crippen molar-refractivity contribution in [3.63, 3.8) is 0 Å². The molecule has 2 aromatic carbocycles. The van der Waals surface area contributed by atoms with Crippen molar-refractivity contribution in [3.8, 4) is 5.75 Å². The Hall–Kier alpha value is -2.78. The molecule has 0 bridgehead atoms. The number of aryl methyl sites for hydroxylation is 1. The van der Waals surface area contributed by atoms with Gasteiger partial charge in [0.2, 0.25) is 15.9 Å². The van der Waals surface area contributed by atoms with Gasteiger partial charge in [-0.3, -0.25) is 9.10 Å². The standard InChI is InChI=1S/C21H25ClN2O6S/c1-6-30-21(26)15-8-7-13(2)18(11-15)23-20(25)14(3)24(31(5,27)28)16-9-10-19(29-4)17(22)12-16/h7-12,14H,6H2,1-5H3,(H,23,25)/t14-/m1/s1. The number of halogens is 1. The quantitative estimate of drug-likeness (QED) is 0.593. The zero-order valence-corrected chi connectivity index (χ0v) is 19.5. The Kier molecular flexibility index (Phi) is 7.91. The number of anilines is 2. The number of amides is 1. The molecule has 1 atom stereocenters. The summed E-state index contributed by atoms with van der Waals surface area (Å²) < 4.78 is 36.0. The van der Waals surface area contributed by atoms with Crippen LogP contribution in [0.25, 0.3) is 0 Å². The largest absolute Gasteiger partial charge is 0.495 e. The summed E-state index contributed by atoms with van der Waals surface area (Å²) in [6.07, 6.45) is 1.00. The minimum atomic E-state index is -3.83. The lowest BCUT2D eigenvalue weighted by Crippen LogP contribution is -2.45. The molecule has 31 heavy (non-hydrogen) atoms. The topological polar surface area (TPSA) is 102 Å². The summed E-state index contributed by atoms with van der Waals surface area (Å²) in [7, 11) is -2.39. The molecule has 0 saturated carbocycles. The number of benzene rings is 2. The molecule has 2 rings (SSSR count). The third-order valence-corrected chi connectivity index (χ3v) is 6.02. The number of rotatable bonds is 8. The molecule has 1 amide bonds. The van der Waals surface area contributed by atoms with Gasteiger partial charge in [0.15, 0.2) is 0 Å². The highest BCUT2D eigenvalue weighted by atomic mass is 35.5. The average molecular weight is 469 g/mol. The lowest BCUT2D eigenvalue weighted by atomic mass is 10.1. The highest BCUT2D eigenvalue weighted by Crippen LogP contribution is 2.31. The van der Waals surface area contributed by atoms with E-state index in [1.165, 1.54) is 38.3 Å². The van der Waals surface area contributed by atoms with Crippen LogP contribution in [0, 0.1) is 6.92 Å². The Morgan fingerprint density at radius 3 is 2.42 bits per heavy atom. The predicted octanol–water partition coefficient (Wildman–Crippen LogP) is 3.63. The summed E-state index contributed by atoms with van der Waals surface area (Å²) >= 11 is 6.14. The van der Waals surface area contributed by atoms with E-state index in [1.807, 2.05) is 0 Å². The number of methoxy groups -OCH3 is 1. The van der Waals surface area contributed by atoms with Crippen LogP contribution in [0.2, 0.25) is 5.02 Å². The van der Waals surface area contributed by atoms with Gasteiger partial charge in [-0.25, -0.2) is 13.2 Å². The normalized spacial score (nSPS) is 12.1. The Morgan fingerprint density at radius 1 is 1.19 bits per heavy atom. The summed E-state index contributed by atoms with van der Waals surface area (Å²) in [5.41, 5.74) is 1.57. The maximum absolute atomic E-state index is 12.9. The van der Waals surface area contributed by atoms with Gasteiger partial charge in [-0.1, -0.05) is 17.7 Å². The molecular formula is C21H25ClN2O6S. The van der Waals surface area contributed by atoms with E-state index in [4.69, 9.17) is 21.1 Å². The second kappa shape index (κ2) is 10.0. The van der Waals surface area contributed by atoms with E-state index in [0.717, 1.165) is 10.6 Å². The second-order valence-corrected chi connectivity index (χ2v) is 9.06. The van der Waals surface area contributed by atoms with Crippen LogP contribution in [-0.2, 0) is 19.6 Å². The van der Waals surface area contributed by atoms with Crippen LogP contribution in [0.15, 0.2) is 36.4 Å². The van der Waals surface area contributed by atoms with Crippen LogP contribution in [0.3, 0.4) is 0 Å². The zero-order chi connectivity index (χ0) is 23.3. The van der Waals surface area contributed by atoms with E-state index in [0.29, 0.717) is 17.0 Å². The van der Waals surface area contributed by atoms with Gasteiger partial charge >= 0.3 is 5.97 Å². The third kappa shape index (κ3) is 5.89. The van der Waals surface area contributed by atoms with Crippen molar-refractivity contribution < 1.29 is 27.5 Å². The van der Waals surface area contributed by atoms with Gasteiger partial charge in [0.05, 0.1) is 36.2 Å². The highest BCUT2D eigenvalue weighted by molar-refractivity contribution is 7.92. The summed E-state index contributed by atoms with van der Waals surface area (Å²) in [5, 5.41) is 2.90. The van der Waals surface area contributed by atoms with Crippen LogP contribution in [-0.4, -0.2) is 46.3 Å². The van der Waals surface area contributed by atoms with E-state index in [1.54, 1.807) is 26.0 Å². The number of hydrogen-bond donors (Lipinski definition) is 1. The fraction of sp³-hybridized carbons (Fsp3) is 0.333. The van der Waals surface area contributed by atoms with Crippen molar-refractivity contribution in [3.05, 3.63) is 52.5 Å². The summed E-state index contributed by atoms with van der Waals surface area (Å²) in [4.78, 5) is 24.9. The van der Waals surface area contributed by atoms with E-state index in [-0.39, 0.29) is 22.9 Å². The summed E-state index contributed by atoms with van der Waals surface area (Å²) in [5.74, 6) is -0.722. The molecule has 1 N–H and O–H groups in total. The average Bonchev–Trinajstić information content (AvgIpc) is 2.69. The number of carbonyl (C=O) groups is 2. The number of hydrogen-bond acceptors (Lipinski definition) is 6. The van der Waals surface area contributed by atoms with Gasteiger partial charge in [0.1, 0.15) is 11.8 Å². The summed E-state index contributed by atoms with van der Waals surface area (Å²) in [6.45, 7) is 5.13. The number of esters is 1. The molecule has 0 spiro atoms. The van der Waals surface area contributed by atoms with Gasteiger partial charge in [-0.05, 0) is 56.7 Å². The van der Waals surface area contributed by atoms with E-state index < -0.39 is 27.9 Å². The second-order valence-electron chi connectivity index (χ2n) is 6.79. The van der Waals surface area contributed by atoms with Gasteiger partial charge in [-0.2, -0.15) is 0 Å². The van der Waals surface area contributed by atoms with Gasteiger partial charge in [0, 0.05) is 5.69 Å². The Bertz CT molecular complexity index is 1090. The first-order valence-corrected chi connectivity index (χ1v) is 11.6. The highest BCUT2D eigenvalue weighted by Gasteiger charge is 2.30. The van der Waals surface area contributed by atoms with Crippen LogP contribution in [0.1, 0.15) is 29.8 Å². The van der Waals surface area contributed by atoms with E-state index >= 15 is 0 Å². The van der Waals surface area contributed by atoms with E-state index in [9.17, 15) is 18.0 Å². The van der Waals surface area contributed by atoms with Crippen molar-refractivity contribution in [2.24, 2.45) is 0 Å². The third-order valence-electron chi connectivity index (χ3n) is 4.48. The molecule has 0 unspecified atom stereocenters. The van der Waals surface area contributed by atoms with E-state index in [2.05, 4.69) is 5.32 Å². The molecule has 0 aliphatic carbocycles. The van der Waals surface area contributed by atoms with Gasteiger partial charge in [-0.15, -0.1) is 0 Å². The van der Waals surface area contributed by atoms with Crippen molar-refractivity contribution in [2.45, 2.75) is 26.8 Å². The van der Waals surface area contributed by atoms with Crippen molar-refractivity contribution in [2.75, 3.05) is 29.6 Å². The maximum atomic E-state index is 12.9. The molecular weight excluding hydrogens is 444 g/mol. The van der Waals surface area contributed by atoms with Gasteiger partial charge in [0.25, 0.3) is 0 Å². The minimum Gasteiger partial charge on any atom is -0.495 e. The van der Waals surface area contributed by atoms with Crippen LogP contribution >= 0.6 is 11.6 Å². The van der Waals surface area contributed by atoms with Crippen LogP contribution in [0.4, 0.5) is 11.4 Å². The number of nitrogens with one attached hydrogen (secondary N) is 1. The number of ether oxygens (including phenoxy) is 2. The molecule has 0 saturated heterocycles.